The van der Waals surface area contributed by atoms with Crippen molar-refractivity contribution in [1.29, 1.82) is 0 Å². The second-order valence-electron chi connectivity index (χ2n) is 14.3. The highest BCUT2D eigenvalue weighted by Crippen LogP contribution is 2.13. The summed E-state index contributed by atoms with van der Waals surface area (Å²) in [5, 5.41) is 45.4. The molecule has 1 aliphatic heterocycles. The van der Waals surface area contributed by atoms with E-state index in [2.05, 4.69) is 37.2 Å². The van der Waals surface area contributed by atoms with Crippen LogP contribution in [0.1, 0.15) is 91.9 Å². The third kappa shape index (κ3) is 17.5. The molecule has 7 amide bonds. The zero-order valence-corrected chi connectivity index (χ0v) is 32.8. The van der Waals surface area contributed by atoms with Crippen molar-refractivity contribution in [3.8, 4) is 0 Å². The fourth-order valence-electron chi connectivity index (χ4n) is 5.76. The second-order valence-corrected chi connectivity index (χ2v) is 14.3. The molecule has 0 aromatic carbocycles. The summed E-state index contributed by atoms with van der Waals surface area (Å²) in [7, 11) is 0. The predicted octanol–water partition coefficient (Wildman–Crippen LogP) is -3.22. The molecule has 0 saturated carbocycles. The van der Waals surface area contributed by atoms with Crippen LogP contribution in [0.5, 0.6) is 0 Å². The maximum Gasteiger partial charge on any atom is 0.305 e. The number of carboxylic acids is 3. The Hall–Kier alpha value is -5.38. The van der Waals surface area contributed by atoms with Crippen molar-refractivity contribution in [1.82, 2.24) is 37.2 Å². The van der Waals surface area contributed by atoms with Gasteiger partial charge in [0.25, 0.3) is 0 Å². The van der Waals surface area contributed by atoms with Gasteiger partial charge in [-0.2, -0.15) is 0 Å². The highest BCUT2D eigenvalue weighted by Gasteiger charge is 2.38. The molecule has 0 aromatic rings. The summed E-state index contributed by atoms with van der Waals surface area (Å²) in [4.78, 5) is 131. The number of carbonyl (C=O) groups is 10. The third-order valence-corrected chi connectivity index (χ3v) is 9.24. The first kappa shape index (κ1) is 49.6. The van der Waals surface area contributed by atoms with Crippen molar-refractivity contribution in [3.63, 3.8) is 0 Å². The number of rotatable bonds is 17. The lowest BCUT2D eigenvalue weighted by Gasteiger charge is -2.30. The molecule has 14 N–H and O–H groups in total. The van der Waals surface area contributed by atoms with Crippen LogP contribution in [-0.4, -0.2) is 130 Å². The Morgan fingerprint density at radius 3 is 1.12 bits per heavy atom. The molecule has 57 heavy (non-hydrogen) atoms. The summed E-state index contributed by atoms with van der Waals surface area (Å²) in [6.07, 6.45) is -1.70. The van der Waals surface area contributed by atoms with Gasteiger partial charge in [0.2, 0.25) is 41.4 Å². The summed E-state index contributed by atoms with van der Waals surface area (Å²) >= 11 is 0. The molecular formula is C35H59N9O13. The van der Waals surface area contributed by atoms with Gasteiger partial charge in [-0.1, -0.05) is 34.1 Å². The van der Waals surface area contributed by atoms with Gasteiger partial charge in [-0.25, -0.2) is 0 Å². The smallest absolute Gasteiger partial charge is 0.305 e. The molecule has 22 heteroatoms. The summed E-state index contributed by atoms with van der Waals surface area (Å²) in [6.45, 7) is 6.86. The van der Waals surface area contributed by atoms with Crippen LogP contribution in [0.2, 0.25) is 0 Å². The lowest BCUT2D eigenvalue weighted by atomic mass is 9.95. The zero-order valence-electron chi connectivity index (χ0n) is 32.8. The predicted molar refractivity (Wildman–Crippen MR) is 200 cm³/mol. The Balaban J connectivity index is 3.95. The molecule has 0 aromatic heterocycles. The van der Waals surface area contributed by atoms with E-state index < -0.39 is 133 Å². The van der Waals surface area contributed by atoms with Crippen molar-refractivity contribution in [2.24, 2.45) is 23.3 Å². The molecule has 0 radical (unpaired) electrons. The molecule has 1 fully saturated rings. The standard InChI is InChI=1S/C35H59N9O13/c1-5-18(4)28-35(57)42-23(16-26(49)50)33(55)41-22(15-25(47)48)32(54)38-19(10-6-8-12-36)29(51)40-21(14-24(45)46)31(53)39-20(11-7-9-13-37)30(52)43-27(17(2)3)34(56)44-28/h17-23,27-28H,5-16,36-37H2,1-4H3,(H,38,54)(H,39,53)(H,40,51)(H,41,55)(H,42,57)(H,43,52)(H,44,56)(H,45,46)(H,47,48)(H,49,50)/t18-,19-,20-,21-,22-,23-,27-,28-/m0/s1. The van der Waals surface area contributed by atoms with Gasteiger partial charge in [-0.05, 0) is 63.5 Å². The van der Waals surface area contributed by atoms with Gasteiger partial charge in [0, 0.05) is 0 Å². The van der Waals surface area contributed by atoms with Gasteiger partial charge in [0.1, 0.15) is 42.3 Å². The summed E-state index contributed by atoms with van der Waals surface area (Å²) < 4.78 is 0. The highest BCUT2D eigenvalue weighted by atomic mass is 16.4. The number of nitrogens with two attached hydrogens (primary N) is 2. The normalized spacial score (nSPS) is 25.3. The van der Waals surface area contributed by atoms with E-state index in [1.807, 2.05) is 0 Å². The summed E-state index contributed by atoms with van der Waals surface area (Å²) in [5.74, 6) is -13.4. The quantitative estimate of drug-likeness (QED) is 0.0643. The number of nitrogens with one attached hydrogen (secondary N) is 7. The highest BCUT2D eigenvalue weighted by molar-refractivity contribution is 6.00. The number of aliphatic carboxylic acids is 3. The molecule has 0 aliphatic carbocycles. The minimum atomic E-state index is -1.94. The molecule has 0 unspecified atom stereocenters. The molecule has 1 heterocycles. The molecular weight excluding hydrogens is 754 g/mol. The minimum absolute atomic E-state index is 0.0262. The lowest BCUT2D eigenvalue weighted by Crippen LogP contribution is -2.61. The van der Waals surface area contributed by atoms with Crippen molar-refractivity contribution >= 4 is 59.3 Å². The third-order valence-electron chi connectivity index (χ3n) is 9.24. The Bertz CT molecular complexity index is 1460. The van der Waals surface area contributed by atoms with E-state index in [9.17, 15) is 63.3 Å². The number of carboxylic acid groups (broad SMARTS) is 3. The van der Waals surface area contributed by atoms with Crippen molar-refractivity contribution in [2.45, 2.75) is 134 Å². The molecule has 1 rings (SSSR count). The van der Waals surface area contributed by atoms with Crippen LogP contribution in [0.25, 0.3) is 0 Å². The van der Waals surface area contributed by atoms with E-state index in [1.165, 1.54) is 0 Å². The fraction of sp³-hybridized carbons (Fsp3) is 0.714. The van der Waals surface area contributed by atoms with Gasteiger partial charge in [-0.15, -0.1) is 0 Å². The van der Waals surface area contributed by atoms with E-state index in [1.54, 1.807) is 27.7 Å². The van der Waals surface area contributed by atoms with Crippen LogP contribution in [0, 0.1) is 11.8 Å². The van der Waals surface area contributed by atoms with Crippen LogP contribution >= 0.6 is 0 Å². The van der Waals surface area contributed by atoms with Gasteiger partial charge >= 0.3 is 17.9 Å². The van der Waals surface area contributed by atoms with Crippen molar-refractivity contribution in [3.05, 3.63) is 0 Å². The number of hydrogen-bond donors (Lipinski definition) is 12. The Kier molecular flexibility index (Phi) is 21.8. The van der Waals surface area contributed by atoms with E-state index in [-0.39, 0.29) is 32.4 Å². The molecule has 1 saturated heterocycles. The van der Waals surface area contributed by atoms with Crippen molar-refractivity contribution < 1.29 is 63.3 Å². The van der Waals surface area contributed by atoms with Crippen LogP contribution < -0.4 is 48.7 Å². The number of hydrogen-bond acceptors (Lipinski definition) is 12. The Morgan fingerprint density at radius 1 is 0.491 bits per heavy atom. The monoisotopic (exact) mass is 813 g/mol. The molecule has 1 aliphatic rings. The number of unbranched alkanes of at least 4 members (excludes halogenated alkanes) is 2. The molecule has 322 valence electrons. The molecule has 8 atom stereocenters. The van der Waals surface area contributed by atoms with E-state index >= 15 is 0 Å². The first-order valence-corrected chi connectivity index (χ1v) is 18.9. The molecule has 22 nitrogen and oxygen atoms in total. The maximum atomic E-state index is 13.8. The average Bonchev–Trinajstić information content (AvgIpc) is 3.12. The first-order valence-electron chi connectivity index (χ1n) is 18.9. The average molecular weight is 814 g/mol. The minimum Gasteiger partial charge on any atom is -0.481 e. The van der Waals surface area contributed by atoms with Crippen LogP contribution in [0.3, 0.4) is 0 Å². The first-order chi connectivity index (χ1) is 26.7. The fourth-order valence-corrected chi connectivity index (χ4v) is 5.76. The van der Waals surface area contributed by atoms with E-state index in [0.29, 0.717) is 25.7 Å². The SMILES string of the molecule is CC[C@H](C)[C@@H]1NC(=O)[C@H](C(C)C)NC(=O)[C@H](CCCCN)NC(=O)[C@H](CC(=O)O)NC(=O)[C@H](CCCCN)NC(=O)[C@H](CC(=O)O)NC(=O)[C@H](CC(=O)O)NC1=O. The zero-order chi connectivity index (χ0) is 43.4. The van der Waals surface area contributed by atoms with Gasteiger partial charge in [0.05, 0.1) is 19.3 Å². The topological polar surface area (TPSA) is 368 Å². The van der Waals surface area contributed by atoms with Crippen molar-refractivity contribution in [2.75, 3.05) is 13.1 Å². The van der Waals surface area contributed by atoms with Crippen LogP contribution in [-0.2, 0) is 47.9 Å². The van der Waals surface area contributed by atoms with Crippen LogP contribution in [0.15, 0.2) is 0 Å². The van der Waals surface area contributed by atoms with E-state index in [0.717, 1.165) is 0 Å². The number of amides is 7. The lowest BCUT2D eigenvalue weighted by molar-refractivity contribution is -0.144. The van der Waals surface area contributed by atoms with Gasteiger partial charge in [0.15, 0.2) is 0 Å². The summed E-state index contributed by atoms with van der Waals surface area (Å²) in [5.41, 5.74) is 11.2. The maximum absolute atomic E-state index is 13.8. The van der Waals surface area contributed by atoms with E-state index in [4.69, 9.17) is 11.5 Å². The largest absolute Gasteiger partial charge is 0.481 e. The molecule has 0 spiro atoms. The van der Waals surface area contributed by atoms with Gasteiger partial charge < -0.3 is 64.0 Å². The second kappa shape index (κ2) is 25.0. The molecule has 0 bridgehead atoms. The van der Waals surface area contributed by atoms with Gasteiger partial charge in [-0.3, -0.25) is 47.9 Å². The summed E-state index contributed by atoms with van der Waals surface area (Å²) in [6, 6.07) is -11.3. The Labute approximate surface area is 330 Å². The number of carbonyl (C=O) groups excluding carboxylic acids is 7. The Morgan fingerprint density at radius 2 is 0.789 bits per heavy atom. The van der Waals surface area contributed by atoms with Crippen LogP contribution in [0.4, 0.5) is 0 Å².